The number of hydrogen-bond acceptors (Lipinski definition) is 3. The number of hydrogen-bond donors (Lipinski definition) is 2. The zero-order chi connectivity index (χ0) is 11.4. The predicted molar refractivity (Wildman–Crippen MR) is 65.6 cm³/mol. The molecule has 0 aromatic heterocycles. The molecule has 1 atom stereocenters. The molecule has 3 nitrogen and oxygen atoms in total. The molecule has 15 heavy (non-hydrogen) atoms. The second kappa shape index (κ2) is 5.61. The first-order chi connectivity index (χ1) is 7.10. The highest BCUT2D eigenvalue weighted by Gasteiger charge is 2.11. The minimum Gasteiger partial charge on any atom is -0.383 e. The molecule has 0 fully saturated rings. The molecule has 3 N–H and O–H groups in total. The highest BCUT2D eigenvalue weighted by Crippen LogP contribution is 2.25. The predicted octanol–water partition coefficient (Wildman–Crippen LogP) is 2.22. The van der Waals surface area contributed by atoms with Crippen LogP contribution in [-0.4, -0.2) is 13.7 Å². The largest absolute Gasteiger partial charge is 0.383 e. The van der Waals surface area contributed by atoms with E-state index >= 15 is 0 Å². The fourth-order valence-corrected chi connectivity index (χ4v) is 1.82. The van der Waals surface area contributed by atoms with E-state index in [1.54, 1.807) is 7.11 Å². The van der Waals surface area contributed by atoms with Crippen LogP contribution < -0.4 is 11.3 Å². The van der Waals surface area contributed by atoms with Gasteiger partial charge in [-0.25, -0.2) is 0 Å². The quantitative estimate of drug-likeness (QED) is 0.653. The fraction of sp³-hybridized carbons (Fsp3) is 0.455. The molecule has 0 radical (unpaired) electrons. The van der Waals surface area contributed by atoms with E-state index in [1.807, 2.05) is 0 Å². The molecule has 1 rings (SSSR count). The first-order valence-electron chi connectivity index (χ1n) is 4.81. The molecular weight excluding hydrogens is 256 g/mol. The molecule has 0 bridgehead atoms. The van der Waals surface area contributed by atoms with Gasteiger partial charge in [0.05, 0.1) is 12.6 Å². The van der Waals surface area contributed by atoms with Crippen molar-refractivity contribution < 1.29 is 4.74 Å². The summed E-state index contributed by atoms with van der Waals surface area (Å²) in [6.45, 7) is 4.71. The first kappa shape index (κ1) is 12.6. The second-order valence-electron chi connectivity index (χ2n) is 3.64. The maximum atomic E-state index is 5.49. The summed E-state index contributed by atoms with van der Waals surface area (Å²) < 4.78 is 6.26. The van der Waals surface area contributed by atoms with E-state index in [-0.39, 0.29) is 6.04 Å². The number of methoxy groups -OCH3 is 1. The average molecular weight is 273 g/mol. The Balaban J connectivity index is 3.03. The Kier molecular flexibility index (Phi) is 4.73. The van der Waals surface area contributed by atoms with E-state index in [0.29, 0.717) is 6.61 Å². The zero-order valence-corrected chi connectivity index (χ0v) is 10.9. The molecule has 0 aliphatic carbocycles. The summed E-state index contributed by atoms with van der Waals surface area (Å²) in [6, 6.07) is 4.27. The highest BCUT2D eigenvalue weighted by molar-refractivity contribution is 9.10. The minimum atomic E-state index is 0.0421. The molecule has 1 unspecified atom stereocenters. The molecule has 0 saturated carbocycles. The van der Waals surface area contributed by atoms with Crippen LogP contribution in [0.3, 0.4) is 0 Å². The van der Waals surface area contributed by atoms with Crippen molar-refractivity contribution in [2.45, 2.75) is 19.9 Å². The molecule has 1 aromatic rings. The molecule has 0 aliphatic rings. The lowest BCUT2D eigenvalue weighted by Crippen LogP contribution is -2.31. The van der Waals surface area contributed by atoms with Crippen LogP contribution in [0.2, 0.25) is 0 Å². The Bertz CT molecular complexity index is 318. The Hall–Kier alpha value is -0.420. The number of ether oxygens (including phenoxy) is 1. The molecule has 1 aromatic carbocycles. The van der Waals surface area contributed by atoms with Crippen molar-refractivity contribution in [3.8, 4) is 0 Å². The van der Waals surface area contributed by atoms with Crippen LogP contribution >= 0.6 is 15.9 Å². The van der Waals surface area contributed by atoms with Crippen molar-refractivity contribution in [3.63, 3.8) is 0 Å². The number of halogens is 1. The normalized spacial score (nSPS) is 12.9. The molecular formula is C11H17BrN2O. The van der Waals surface area contributed by atoms with E-state index in [1.165, 1.54) is 11.1 Å². The maximum Gasteiger partial charge on any atom is 0.0693 e. The third-order valence-electron chi connectivity index (χ3n) is 2.40. The summed E-state index contributed by atoms with van der Waals surface area (Å²) in [4.78, 5) is 0. The molecule has 0 saturated heterocycles. The van der Waals surface area contributed by atoms with Gasteiger partial charge in [-0.3, -0.25) is 11.3 Å². The standard InChI is InChI=1S/C11H17BrN2O/c1-7-4-9(5-8(2)11(7)12)10(14-13)6-15-3/h4-5,10,14H,6,13H2,1-3H3. The van der Waals surface area contributed by atoms with Crippen LogP contribution in [0.1, 0.15) is 22.7 Å². The summed E-state index contributed by atoms with van der Waals surface area (Å²) in [5.74, 6) is 5.49. The number of nitrogens with two attached hydrogens (primary N) is 1. The van der Waals surface area contributed by atoms with Gasteiger partial charge in [-0.2, -0.15) is 0 Å². The van der Waals surface area contributed by atoms with Crippen LogP contribution in [0.5, 0.6) is 0 Å². The average Bonchev–Trinajstić information content (AvgIpc) is 2.22. The van der Waals surface area contributed by atoms with Gasteiger partial charge in [0.25, 0.3) is 0 Å². The van der Waals surface area contributed by atoms with Gasteiger partial charge in [0.1, 0.15) is 0 Å². The summed E-state index contributed by atoms with van der Waals surface area (Å²) in [7, 11) is 1.67. The SMILES string of the molecule is COCC(NN)c1cc(C)c(Br)c(C)c1. The highest BCUT2D eigenvalue weighted by atomic mass is 79.9. The van der Waals surface area contributed by atoms with Gasteiger partial charge < -0.3 is 4.74 Å². The monoisotopic (exact) mass is 272 g/mol. The van der Waals surface area contributed by atoms with E-state index in [9.17, 15) is 0 Å². The van der Waals surface area contributed by atoms with Crippen LogP contribution in [0, 0.1) is 13.8 Å². The van der Waals surface area contributed by atoms with Gasteiger partial charge in [0.2, 0.25) is 0 Å². The van der Waals surface area contributed by atoms with Gasteiger partial charge in [0.15, 0.2) is 0 Å². The van der Waals surface area contributed by atoms with Gasteiger partial charge in [-0.15, -0.1) is 0 Å². The lowest BCUT2D eigenvalue weighted by molar-refractivity contribution is 0.167. The maximum absolute atomic E-state index is 5.49. The Morgan fingerprint density at radius 2 is 1.93 bits per heavy atom. The fourth-order valence-electron chi connectivity index (χ4n) is 1.59. The van der Waals surface area contributed by atoms with E-state index < -0.39 is 0 Å². The van der Waals surface area contributed by atoms with E-state index in [0.717, 1.165) is 10.0 Å². The van der Waals surface area contributed by atoms with E-state index in [2.05, 4.69) is 47.3 Å². The lowest BCUT2D eigenvalue weighted by atomic mass is 10.0. The Morgan fingerprint density at radius 3 is 2.33 bits per heavy atom. The molecule has 0 heterocycles. The van der Waals surface area contributed by atoms with Crippen molar-refractivity contribution in [1.29, 1.82) is 0 Å². The van der Waals surface area contributed by atoms with Gasteiger partial charge in [0, 0.05) is 11.6 Å². The van der Waals surface area contributed by atoms with Gasteiger partial charge in [-0.05, 0) is 30.5 Å². The van der Waals surface area contributed by atoms with Crippen LogP contribution in [0.25, 0.3) is 0 Å². The number of hydrazine groups is 1. The number of benzene rings is 1. The summed E-state index contributed by atoms with van der Waals surface area (Å²) in [5, 5.41) is 0. The summed E-state index contributed by atoms with van der Waals surface area (Å²) in [6.07, 6.45) is 0. The topological polar surface area (TPSA) is 47.3 Å². The molecule has 0 aliphatic heterocycles. The summed E-state index contributed by atoms with van der Waals surface area (Å²) >= 11 is 3.54. The van der Waals surface area contributed by atoms with E-state index in [4.69, 9.17) is 10.6 Å². The van der Waals surface area contributed by atoms with Gasteiger partial charge in [-0.1, -0.05) is 28.1 Å². The van der Waals surface area contributed by atoms with Crippen LogP contribution in [-0.2, 0) is 4.74 Å². The molecule has 0 spiro atoms. The van der Waals surface area contributed by atoms with Crippen molar-refractivity contribution in [2.24, 2.45) is 5.84 Å². The summed E-state index contributed by atoms with van der Waals surface area (Å²) in [5.41, 5.74) is 6.32. The number of nitrogens with one attached hydrogen (secondary N) is 1. The van der Waals surface area contributed by atoms with Crippen LogP contribution in [0.15, 0.2) is 16.6 Å². The lowest BCUT2D eigenvalue weighted by Gasteiger charge is -2.17. The van der Waals surface area contributed by atoms with Crippen molar-refractivity contribution in [2.75, 3.05) is 13.7 Å². The van der Waals surface area contributed by atoms with Crippen molar-refractivity contribution in [1.82, 2.24) is 5.43 Å². The van der Waals surface area contributed by atoms with Crippen molar-refractivity contribution >= 4 is 15.9 Å². The Morgan fingerprint density at radius 1 is 1.40 bits per heavy atom. The van der Waals surface area contributed by atoms with Gasteiger partial charge >= 0.3 is 0 Å². The third-order valence-corrected chi connectivity index (χ3v) is 3.65. The molecule has 84 valence electrons. The molecule has 4 heteroatoms. The van der Waals surface area contributed by atoms with Crippen molar-refractivity contribution in [3.05, 3.63) is 33.3 Å². The number of aryl methyl sites for hydroxylation is 2. The minimum absolute atomic E-state index is 0.0421. The second-order valence-corrected chi connectivity index (χ2v) is 4.44. The number of rotatable bonds is 4. The third kappa shape index (κ3) is 3.01. The van der Waals surface area contributed by atoms with Crippen LogP contribution in [0.4, 0.5) is 0 Å². The molecule has 0 amide bonds. The zero-order valence-electron chi connectivity index (χ0n) is 9.30. The Labute approximate surface area is 99.1 Å². The smallest absolute Gasteiger partial charge is 0.0693 e. The first-order valence-corrected chi connectivity index (χ1v) is 5.61.